The Bertz CT molecular complexity index is 1110. The molecule has 1 aliphatic heterocycles. The fraction of sp³-hybridized carbons (Fsp3) is 0.148. The van der Waals surface area contributed by atoms with E-state index in [1.165, 1.54) is 0 Å². The van der Waals surface area contributed by atoms with Crippen LogP contribution in [0.5, 0.6) is 0 Å². The maximum absolute atomic E-state index is 12.9. The molecule has 0 bridgehead atoms. The predicted molar refractivity (Wildman–Crippen MR) is 132 cm³/mol. The van der Waals surface area contributed by atoms with Crippen LogP contribution in [-0.2, 0) is 9.53 Å². The second-order valence-electron chi connectivity index (χ2n) is 7.46. The number of ether oxygens (including phenoxy) is 1. The maximum atomic E-state index is 12.9. The average molecular weight is 445 g/mol. The summed E-state index contributed by atoms with van der Waals surface area (Å²) in [5, 5.41) is 4.12. The molecule has 32 heavy (non-hydrogen) atoms. The van der Waals surface area contributed by atoms with Crippen LogP contribution in [-0.4, -0.2) is 37.1 Å². The Hall–Kier alpha value is -3.34. The number of anilines is 1. The molecule has 1 aliphatic rings. The normalized spacial score (nSPS) is 14.5. The number of hydrogen-bond donors (Lipinski definition) is 1. The summed E-state index contributed by atoms with van der Waals surface area (Å²) in [6, 6.07) is 25.6. The Labute approximate surface area is 193 Å². The van der Waals surface area contributed by atoms with Gasteiger partial charge in [0.1, 0.15) is 0 Å². The molecule has 5 heteroatoms. The van der Waals surface area contributed by atoms with Gasteiger partial charge < -0.3 is 15.0 Å². The van der Waals surface area contributed by atoms with Gasteiger partial charge in [-0.3, -0.25) is 4.79 Å². The SMILES string of the molecule is O=C(/C=C(\Nc1ccc(Cl)cc1/C=C/c1ccccc1)c1ccccc1)N1CCOCC1. The summed E-state index contributed by atoms with van der Waals surface area (Å²) in [5.74, 6) is -0.0324. The van der Waals surface area contributed by atoms with Crippen LogP contribution in [0.2, 0.25) is 5.02 Å². The number of amides is 1. The molecule has 4 rings (SSSR count). The third-order valence-corrected chi connectivity index (χ3v) is 5.45. The van der Waals surface area contributed by atoms with Crippen molar-refractivity contribution in [1.82, 2.24) is 4.90 Å². The minimum absolute atomic E-state index is 0.0324. The number of halogens is 1. The van der Waals surface area contributed by atoms with Crippen molar-refractivity contribution in [1.29, 1.82) is 0 Å². The Morgan fingerprint density at radius 2 is 1.59 bits per heavy atom. The van der Waals surface area contributed by atoms with Crippen molar-refractivity contribution in [3.63, 3.8) is 0 Å². The third-order valence-electron chi connectivity index (χ3n) is 5.21. The molecule has 0 atom stereocenters. The molecule has 1 fully saturated rings. The molecule has 4 nitrogen and oxygen atoms in total. The lowest BCUT2D eigenvalue weighted by Crippen LogP contribution is -2.40. The summed E-state index contributed by atoms with van der Waals surface area (Å²) < 4.78 is 5.38. The second-order valence-corrected chi connectivity index (χ2v) is 7.90. The molecule has 0 aliphatic carbocycles. The topological polar surface area (TPSA) is 41.6 Å². The summed E-state index contributed by atoms with van der Waals surface area (Å²) in [4.78, 5) is 14.8. The van der Waals surface area contributed by atoms with E-state index in [-0.39, 0.29) is 5.91 Å². The number of rotatable bonds is 6. The van der Waals surface area contributed by atoms with Crippen LogP contribution in [0.25, 0.3) is 17.8 Å². The zero-order chi connectivity index (χ0) is 22.2. The first-order valence-corrected chi connectivity index (χ1v) is 11.0. The van der Waals surface area contributed by atoms with E-state index in [0.29, 0.717) is 31.3 Å². The van der Waals surface area contributed by atoms with Gasteiger partial charge in [-0.25, -0.2) is 0 Å². The van der Waals surface area contributed by atoms with Crippen LogP contribution >= 0.6 is 11.6 Å². The Morgan fingerprint density at radius 3 is 2.31 bits per heavy atom. The fourth-order valence-corrected chi connectivity index (χ4v) is 3.67. The predicted octanol–water partition coefficient (Wildman–Crippen LogP) is 5.82. The van der Waals surface area contributed by atoms with Crippen molar-refractivity contribution in [2.75, 3.05) is 31.6 Å². The number of carbonyl (C=O) groups excluding carboxylic acids is 1. The summed E-state index contributed by atoms with van der Waals surface area (Å²) in [5.41, 5.74) is 4.56. The quantitative estimate of drug-likeness (QED) is 0.384. The van der Waals surface area contributed by atoms with Gasteiger partial charge in [0.15, 0.2) is 0 Å². The number of hydrogen-bond acceptors (Lipinski definition) is 3. The highest BCUT2D eigenvalue weighted by atomic mass is 35.5. The van der Waals surface area contributed by atoms with Gasteiger partial charge in [-0.15, -0.1) is 0 Å². The van der Waals surface area contributed by atoms with Crippen LogP contribution in [0.3, 0.4) is 0 Å². The van der Waals surface area contributed by atoms with Gasteiger partial charge in [0.05, 0.1) is 18.9 Å². The Kier molecular flexibility index (Phi) is 7.38. The zero-order valence-electron chi connectivity index (χ0n) is 17.7. The van der Waals surface area contributed by atoms with Crippen molar-refractivity contribution in [3.8, 4) is 0 Å². The molecule has 1 saturated heterocycles. The molecule has 0 spiro atoms. The smallest absolute Gasteiger partial charge is 0.248 e. The van der Waals surface area contributed by atoms with E-state index in [0.717, 1.165) is 28.1 Å². The molecular weight excluding hydrogens is 420 g/mol. The van der Waals surface area contributed by atoms with Gasteiger partial charge in [0.25, 0.3) is 0 Å². The number of morpholine rings is 1. The van der Waals surface area contributed by atoms with E-state index in [1.54, 1.807) is 6.08 Å². The Morgan fingerprint density at radius 1 is 0.906 bits per heavy atom. The summed E-state index contributed by atoms with van der Waals surface area (Å²) in [7, 11) is 0. The summed E-state index contributed by atoms with van der Waals surface area (Å²) in [6.07, 6.45) is 5.73. The van der Waals surface area contributed by atoms with E-state index < -0.39 is 0 Å². The number of benzene rings is 3. The highest BCUT2D eigenvalue weighted by Gasteiger charge is 2.16. The molecule has 1 N–H and O–H groups in total. The van der Waals surface area contributed by atoms with Crippen molar-refractivity contribution in [3.05, 3.63) is 107 Å². The zero-order valence-corrected chi connectivity index (χ0v) is 18.5. The molecule has 1 heterocycles. The standard InChI is InChI=1S/C27H25ClN2O2/c28-24-13-14-25(23(19-24)12-11-21-7-3-1-4-8-21)29-26(22-9-5-2-6-10-22)20-27(31)30-15-17-32-18-16-30/h1-14,19-20,29H,15-18H2/b12-11+,26-20-. The lowest BCUT2D eigenvalue weighted by Gasteiger charge is -2.26. The second kappa shape index (κ2) is 10.8. The first-order chi connectivity index (χ1) is 15.7. The van der Waals surface area contributed by atoms with Crippen LogP contribution in [0.4, 0.5) is 5.69 Å². The summed E-state index contributed by atoms with van der Waals surface area (Å²) in [6.45, 7) is 2.34. The first kappa shape index (κ1) is 21.9. The minimum atomic E-state index is -0.0324. The van der Waals surface area contributed by atoms with Crippen molar-refractivity contribution in [2.45, 2.75) is 0 Å². The van der Waals surface area contributed by atoms with E-state index in [9.17, 15) is 4.79 Å². The van der Waals surface area contributed by atoms with Crippen molar-refractivity contribution in [2.24, 2.45) is 0 Å². The molecule has 3 aromatic rings. The lowest BCUT2D eigenvalue weighted by atomic mass is 10.1. The molecule has 3 aromatic carbocycles. The third kappa shape index (κ3) is 5.88. The van der Waals surface area contributed by atoms with Crippen LogP contribution in [0, 0.1) is 0 Å². The van der Waals surface area contributed by atoms with Crippen molar-refractivity contribution >= 4 is 41.0 Å². The molecule has 162 valence electrons. The van der Waals surface area contributed by atoms with E-state index in [1.807, 2.05) is 95.9 Å². The molecule has 0 unspecified atom stereocenters. The van der Waals surface area contributed by atoms with Gasteiger partial charge in [0.2, 0.25) is 5.91 Å². The van der Waals surface area contributed by atoms with Crippen LogP contribution in [0.15, 0.2) is 84.9 Å². The molecule has 1 amide bonds. The summed E-state index contributed by atoms with van der Waals surface area (Å²) >= 11 is 6.29. The van der Waals surface area contributed by atoms with E-state index in [4.69, 9.17) is 16.3 Å². The Balaban J connectivity index is 1.65. The highest BCUT2D eigenvalue weighted by molar-refractivity contribution is 6.30. The molecular formula is C27H25ClN2O2. The first-order valence-electron chi connectivity index (χ1n) is 10.6. The van der Waals surface area contributed by atoms with Gasteiger partial charge in [-0.1, -0.05) is 84.4 Å². The van der Waals surface area contributed by atoms with E-state index >= 15 is 0 Å². The van der Waals surface area contributed by atoms with Gasteiger partial charge in [-0.05, 0) is 34.9 Å². The number of nitrogens with one attached hydrogen (secondary N) is 1. The van der Waals surface area contributed by atoms with Crippen LogP contribution < -0.4 is 5.32 Å². The average Bonchev–Trinajstić information content (AvgIpc) is 2.85. The van der Waals surface area contributed by atoms with E-state index in [2.05, 4.69) is 5.32 Å². The van der Waals surface area contributed by atoms with Crippen molar-refractivity contribution < 1.29 is 9.53 Å². The molecule has 0 aromatic heterocycles. The monoisotopic (exact) mass is 444 g/mol. The number of nitrogens with zero attached hydrogens (tertiary/aromatic N) is 1. The lowest BCUT2D eigenvalue weighted by molar-refractivity contribution is -0.129. The highest BCUT2D eigenvalue weighted by Crippen LogP contribution is 2.27. The molecule has 0 saturated carbocycles. The van der Waals surface area contributed by atoms with Gasteiger partial charge in [-0.2, -0.15) is 0 Å². The van der Waals surface area contributed by atoms with Gasteiger partial charge >= 0.3 is 0 Å². The molecule has 0 radical (unpaired) electrons. The number of carbonyl (C=O) groups is 1. The fourth-order valence-electron chi connectivity index (χ4n) is 3.49. The largest absolute Gasteiger partial charge is 0.378 e. The maximum Gasteiger partial charge on any atom is 0.248 e. The minimum Gasteiger partial charge on any atom is -0.378 e. The van der Waals surface area contributed by atoms with Crippen LogP contribution in [0.1, 0.15) is 16.7 Å². The van der Waals surface area contributed by atoms with Gasteiger partial charge in [0, 0.05) is 29.9 Å².